The lowest BCUT2D eigenvalue weighted by molar-refractivity contribution is 0.1000. The molecule has 134 valence electrons. The van der Waals surface area contributed by atoms with Gasteiger partial charge in [-0.25, -0.2) is 4.98 Å². The molecule has 4 N–H and O–H groups in total. The van der Waals surface area contributed by atoms with Crippen LogP contribution >= 0.6 is 0 Å². The van der Waals surface area contributed by atoms with E-state index in [2.05, 4.69) is 4.98 Å². The third kappa shape index (κ3) is 2.88. The molecule has 0 fully saturated rings. The van der Waals surface area contributed by atoms with Crippen LogP contribution in [-0.4, -0.2) is 15.5 Å². The van der Waals surface area contributed by atoms with Crippen LogP contribution in [0.25, 0.3) is 22.6 Å². The van der Waals surface area contributed by atoms with Crippen molar-refractivity contribution in [1.82, 2.24) is 9.55 Å². The largest absolute Gasteiger partial charge is 0.463 e. The molecule has 0 bridgehead atoms. The van der Waals surface area contributed by atoms with Gasteiger partial charge in [0.2, 0.25) is 0 Å². The van der Waals surface area contributed by atoms with Gasteiger partial charge < -0.3 is 20.5 Å². The second-order valence-corrected chi connectivity index (χ2v) is 5.81. The lowest BCUT2D eigenvalue weighted by Gasteiger charge is -2.18. The summed E-state index contributed by atoms with van der Waals surface area (Å²) in [6, 6.07) is 6.71. The van der Waals surface area contributed by atoms with Gasteiger partial charge in [-0.1, -0.05) is 6.92 Å². The zero-order chi connectivity index (χ0) is 18.8. The van der Waals surface area contributed by atoms with Crippen molar-refractivity contribution in [2.24, 2.45) is 5.73 Å². The van der Waals surface area contributed by atoms with Gasteiger partial charge in [0.05, 0.1) is 11.8 Å². The van der Waals surface area contributed by atoms with Crippen LogP contribution in [0.5, 0.6) is 0 Å². The number of aryl methyl sites for hydroxylation is 1. The zero-order valence-electron chi connectivity index (χ0n) is 14.7. The van der Waals surface area contributed by atoms with E-state index < -0.39 is 5.91 Å². The van der Waals surface area contributed by atoms with E-state index in [-0.39, 0.29) is 16.9 Å². The third-order valence-corrected chi connectivity index (χ3v) is 4.30. The van der Waals surface area contributed by atoms with Crippen LogP contribution in [-0.2, 0) is 13.0 Å². The van der Waals surface area contributed by atoms with E-state index in [0.29, 0.717) is 35.5 Å². The van der Waals surface area contributed by atoms with Crippen molar-refractivity contribution in [3.63, 3.8) is 0 Å². The van der Waals surface area contributed by atoms with Crippen LogP contribution in [0.3, 0.4) is 0 Å². The standard InChI is InChI=1S/C19H20N4O3/c1-3-12-15(11-7-8-14(24)23(4-2)10-11)17(13-6-5-9-26-13)22-18(20)16(12)19(21)25/h5-10H,3-4H2,1-2H3,(H2,20,22)(H2,21,25). The van der Waals surface area contributed by atoms with Gasteiger partial charge in [0.1, 0.15) is 11.5 Å². The van der Waals surface area contributed by atoms with E-state index in [9.17, 15) is 9.59 Å². The Morgan fingerprint density at radius 1 is 1.27 bits per heavy atom. The normalized spacial score (nSPS) is 10.8. The molecule has 7 heteroatoms. The molecular formula is C19H20N4O3. The summed E-state index contributed by atoms with van der Waals surface area (Å²) in [7, 11) is 0. The van der Waals surface area contributed by atoms with Gasteiger partial charge in [-0.3, -0.25) is 9.59 Å². The van der Waals surface area contributed by atoms with E-state index in [1.807, 2.05) is 13.8 Å². The number of nitrogens with zero attached hydrogens (tertiary/aromatic N) is 2. The highest BCUT2D eigenvalue weighted by molar-refractivity contribution is 6.02. The SMILES string of the molecule is CCc1c(C(N)=O)c(N)nc(-c2ccco2)c1-c1ccc(=O)n(CC)c1. The quantitative estimate of drug-likeness (QED) is 0.731. The molecule has 3 aromatic heterocycles. The van der Waals surface area contributed by atoms with Crippen LogP contribution in [0, 0.1) is 0 Å². The highest BCUT2D eigenvalue weighted by atomic mass is 16.3. The monoisotopic (exact) mass is 352 g/mol. The maximum absolute atomic E-state index is 12.0. The molecule has 0 aliphatic rings. The molecular weight excluding hydrogens is 332 g/mol. The fourth-order valence-electron chi connectivity index (χ4n) is 3.11. The van der Waals surface area contributed by atoms with Crippen molar-refractivity contribution < 1.29 is 9.21 Å². The fourth-order valence-corrected chi connectivity index (χ4v) is 3.11. The van der Waals surface area contributed by atoms with Crippen LogP contribution in [0.1, 0.15) is 29.8 Å². The molecule has 26 heavy (non-hydrogen) atoms. The summed E-state index contributed by atoms with van der Waals surface area (Å²) in [5.41, 5.74) is 14.3. The molecule has 0 aromatic carbocycles. The van der Waals surface area contributed by atoms with E-state index in [1.165, 1.54) is 12.3 Å². The number of rotatable bonds is 5. The van der Waals surface area contributed by atoms with Crippen LogP contribution in [0.2, 0.25) is 0 Å². The van der Waals surface area contributed by atoms with Crippen molar-refractivity contribution in [1.29, 1.82) is 0 Å². The number of furan rings is 1. The number of anilines is 1. The number of nitrogens with two attached hydrogens (primary N) is 2. The maximum atomic E-state index is 12.0. The van der Waals surface area contributed by atoms with Gasteiger partial charge in [-0.15, -0.1) is 0 Å². The topological polar surface area (TPSA) is 117 Å². The molecule has 0 atom stereocenters. The van der Waals surface area contributed by atoms with Gasteiger partial charge in [0.25, 0.3) is 11.5 Å². The number of pyridine rings is 2. The molecule has 0 aliphatic heterocycles. The Morgan fingerprint density at radius 3 is 2.62 bits per heavy atom. The van der Waals surface area contributed by atoms with Gasteiger partial charge in [-0.2, -0.15) is 0 Å². The zero-order valence-corrected chi connectivity index (χ0v) is 14.7. The predicted molar refractivity (Wildman–Crippen MR) is 99.6 cm³/mol. The molecule has 0 radical (unpaired) electrons. The van der Waals surface area contributed by atoms with E-state index in [4.69, 9.17) is 15.9 Å². The molecule has 0 saturated carbocycles. The van der Waals surface area contributed by atoms with Crippen LogP contribution in [0.4, 0.5) is 5.82 Å². The Balaban J connectivity index is 2.43. The first-order valence-corrected chi connectivity index (χ1v) is 8.34. The molecule has 3 rings (SSSR count). The molecule has 3 heterocycles. The molecule has 7 nitrogen and oxygen atoms in total. The van der Waals surface area contributed by atoms with Gasteiger partial charge in [0, 0.05) is 29.9 Å². The number of primary amides is 1. The molecule has 1 amide bonds. The summed E-state index contributed by atoms with van der Waals surface area (Å²) < 4.78 is 7.10. The number of carbonyl (C=O) groups is 1. The summed E-state index contributed by atoms with van der Waals surface area (Å²) in [6.45, 7) is 4.32. The van der Waals surface area contributed by atoms with Crippen molar-refractivity contribution in [2.45, 2.75) is 26.8 Å². The highest BCUT2D eigenvalue weighted by Crippen LogP contribution is 2.37. The summed E-state index contributed by atoms with van der Waals surface area (Å²) in [4.78, 5) is 28.3. The number of carbonyl (C=O) groups excluding carboxylic acids is 1. The number of hydrogen-bond acceptors (Lipinski definition) is 5. The number of hydrogen-bond donors (Lipinski definition) is 2. The Bertz CT molecular complexity index is 1020. The van der Waals surface area contributed by atoms with Crippen molar-refractivity contribution in [3.05, 3.63) is 58.2 Å². The minimum absolute atomic E-state index is 0.0633. The highest BCUT2D eigenvalue weighted by Gasteiger charge is 2.24. The first-order valence-electron chi connectivity index (χ1n) is 8.34. The molecule has 0 unspecified atom stereocenters. The third-order valence-electron chi connectivity index (χ3n) is 4.30. The van der Waals surface area contributed by atoms with Gasteiger partial charge in [-0.05, 0) is 37.1 Å². The smallest absolute Gasteiger partial charge is 0.252 e. The van der Waals surface area contributed by atoms with E-state index >= 15 is 0 Å². The van der Waals surface area contributed by atoms with Crippen molar-refractivity contribution >= 4 is 11.7 Å². The minimum atomic E-state index is -0.636. The fraction of sp³-hybridized carbons (Fsp3) is 0.211. The molecule has 0 saturated heterocycles. The van der Waals surface area contributed by atoms with Crippen LogP contribution < -0.4 is 17.0 Å². The number of amides is 1. The number of nitrogen functional groups attached to an aromatic ring is 1. The van der Waals surface area contributed by atoms with Crippen molar-refractivity contribution in [3.8, 4) is 22.6 Å². The van der Waals surface area contributed by atoms with Crippen molar-refractivity contribution in [2.75, 3.05) is 5.73 Å². The Hall–Kier alpha value is -3.35. The summed E-state index contributed by atoms with van der Waals surface area (Å²) in [5.74, 6) is -0.0529. The van der Waals surface area contributed by atoms with Gasteiger partial charge >= 0.3 is 0 Å². The number of aromatic nitrogens is 2. The predicted octanol–water partition coefficient (Wildman–Crippen LogP) is 2.43. The second-order valence-electron chi connectivity index (χ2n) is 5.81. The summed E-state index contributed by atoms with van der Waals surface area (Å²) in [6.07, 6.45) is 3.79. The minimum Gasteiger partial charge on any atom is -0.463 e. The van der Waals surface area contributed by atoms with E-state index in [1.54, 1.807) is 29.0 Å². The first kappa shape index (κ1) is 17.5. The molecule has 3 aromatic rings. The van der Waals surface area contributed by atoms with E-state index in [0.717, 1.165) is 5.56 Å². The summed E-state index contributed by atoms with van der Waals surface area (Å²) >= 11 is 0. The average molecular weight is 352 g/mol. The Morgan fingerprint density at radius 2 is 2.04 bits per heavy atom. The first-order chi connectivity index (χ1) is 12.5. The van der Waals surface area contributed by atoms with Crippen LogP contribution in [0.15, 0.2) is 45.9 Å². The lowest BCUT2D eigenvalue weighted by Crippen LogP contribution is -2.20. The second kappa shape index (κ2) is 6.87. The van der Waals surface area contributed by atoms with Gasteiger partial charge in [0.15, 0.2) is 5.76 Å². The molecule has 0 spiro atoms. The Labute approximate surface area is 150 Å². The molecule has 0 aliphatic carbocycles. The Kier molecular flexibility index (Phi) is 4.62. The summed E-state index contributed by atoms with van der Waals surface area (Å²) in [5, 5.41) is 0. The maximum Gasteiger partial charge on any atom is 0.252 e. The average Bonchev–Trinajstić information content (AvgIpc) is 3.15. The lowest BCUT2D eigenvalue weighted by atomic mass is 9.92.